The van der Waals surface area contributed by atoms with E-state index in [9.17, 15) is 10.2 Å². The Balaban J connectivity index is 2.08. The minimum Gasteiger partial charge on any atom is -0.390 e. The summed E-state index contributed by atoms with van der Waals surface area (Å²) in [5.41, 5.74) is 0. The van der Waals surface area contributed by atoms with Crippen LogP contribution in [0.25, 0.3) is 0 Å². The lowest BCUT2D eigenvalue weighted by atomic mass is 9.97. The Morgan fingerprint density at radius 2 is 2.07 bits per heavy atom. The Bertz CT molecular complexity index is 164. The van der Waals surface area contributed by atoms with E-state index in [1.54, 1.807) is 0 Å². The molecule has 0 spiro atoms. The molecule has 1 aliphatic rings. The van der Waals surface area contributed by atoms with Crippen molar-refractivity contribution < 1.29 is 14.9 Å². The van der Waals surface area contributed by atoms with Crippen molar-refractivity contribution >= 4 is 0 Å². The summed E-state index contributed by atoms with van der Waals surface area (Å²) in [5, 5.41) is 19.3. The molecule has 1 saturated heterocycles. The summed E-state index contributed by atoms with van der Waals surface area (Å²) in [5.74, 6) is 0.128. The van der Waals surface area contributed by atoms with Crippen LogP contribution in [0.15, 0.2) is 0 Å². The molecule has 15 heavy (non-hydrogen) atoms. The van der Waals surface area contributed by atoms with Gasteiger partial charge in [0, 0.05) is 6.61 Å². The second kappa shape index (κ2) is 6.46. The molecule has 1 aliphatic heterocycles. The van der Waals surface area contributed by atoms with Crippen LogP contribution in [0.2, 0.25) is 0 Å². The molecule has 0 bridgehead atoms. The Morgan fingerprint density at radius 3 is 2.60 bits per heavy atom. The van der Waals surface area contributed by atoms with Crippen LogP contribution in [0.3, 0.4) is 0 Å². The first-order chi connectivity index (χ1) is 7.11. The summed E-state index contributed by atoms with van der Waals surface area (Å²) in [4.78, 5) is 0. The predicted octanol–water partition coefficient (Wildman–Crippen LogP) is 1.71. The van der Waals surface area contributed by atoms with Crippen LogP contribution >= 0.6 is 0 Å². The van der Waals surface area contributed by atoms with Gasteiger partial charge in [-0.25, -0.2) is 0 Å². The van der Waals surface area contributed by atoms with Gasteiger partial charge in [0.15, 0.2) is 0 Å². The van der Waals surface area contributed by atoms with Crippen LogP contribution in [-0.2, 0) is 4.74 Å². The summed E-state index contributed by atoms with van der Waals surface area (Å²) in [6, 6.07) is 0. The molecular formula is C12H24O3. The van der Waals surface area contributed by atoms with Gasteiger partial charge in [-0.1, -0.05) is 13.8 Å². The van der Waals surface area contributed by atoms with E-state index in [2.05, 4.69) is 0 Å². The maximum Gasteiger partial charge on any atom is 0.0821 e. The van der Waals surface area contributed by atoms with Gasteiger partial charge in [0.05, 0.1) is 18.3 Å². The lowest BCUT2D eigenvalue weighted by molar-refractivity contribution is -0.0151. The van der Waals surface area contributed by atoms with Crippen LogP contribution in [0, 0.1) is 5.92 Å². The number of ether oxygens (including phenoxy) is 1. The zero-order chi connectivity index (χ0) is 11.3. The molecule has 0 saturated carbocycles. The van der Waals surface area contributed by atoms with E-state index in [1.807, 2.05) is 13.8 Å². The van der Waals surface area contributed by atoms with Crippen molar-refractivity contribution in [3.05, 3.63) is 0 Å². The van der Waals surface area contributed by atoms with Gasteiger partial charge < -0.3 is 14.9 Å². The normalized spacial score (nSPS) is 25.8. The molecule has 0 aromatic heterocycles. The number of aliphatic hydroxyl groups excluding tert-OH is 2. The summed E-state index contributed by atoms with van der Waals surface area (Å²) in [6.07, 6.45) is 4.19. The van der Waals surface area contributed by atoms with Gasteiger partial charge in [0.25, 0.3) is 0 Å². The zero-order valence-corrected chi connectivity index (χ0v) is 9.85. The molecule has 1 fully saturated rings. The topological polar surface area (TPSA) is 49.7 Å². The Kier molecular flexibility index (Phi) is 5.58. The fraction of sp³-hybridized carbons (Fsp3) is 1.00. The average molecular weight is 216 g/mol. The Labute approximate surface area is 92.4 Å². The minimum absolute atomic E-state index is 0.128. The monoisotopic (exact) mass is 216 g/mol. The van der Waals surface area contributed by atoms with Crippen LogP contribution in [0.4, 0.5) is 0 Å². The van der Waals surface area contributed by atoms with E-state index in [0.29, 0.717) is 12.5 Å². The number of rotatable bonds is 6. The molecule has 0 radical (unpaired) electrons. The second-order valence-corrected chi connectivity index (χ2v) is 4.87. The SMILES string of the molecule is CC(C)C(O)C(O)CCCC1CCCO1. The highest BCUT2D eigenvalue weighted by Gasteiger charge is 2.20. The van der Waals surface area contributed by atoms with Crippen molar-refractivity contribution in [2.45, 2.75) is 64.3 Å². The minimum atomic E-state index is -0.588. The van der Waals surface area contributed by atoms with Gasteiger partial charge >= 0.3 is 0 Å². The molecule has 0 aliphatic carbocycles. The van der Waals surface area contributed by atoms with Gasteiger partial charge in [-0.15, -0.1) is 0 Å². The van der Waals surface area contributed by atoms with Crippen molar-refractivity contribution in [2.24, 2.45) is 5.92 Å². The number of aliphatic hydroxyl groups is 2. The van der Waals surface area contributed by atoms with Crippen LogP contribution in [0.1, 0.15) is 46.0 Å². The average Bonchev–Trinajstić information content (AvgIpc) is 2.69. The van der Waals surface area contributed by atoms with Gasteiger partial charge in [-0.3, -0.25) is 0 Å². The first-order valence-corrected chi connectivity index (χ1v) is 6.09. The van der Waals surface area contributed by atoms with Gasteiger partial charge in [0.1, 0.15) is 0 Å². The van der Waals surface area contributed by atoms with E-state index < -0.39 is 12.2 Å². The maximum absolute atomic E-state index is 9.67. The third-order valence-electron chi connectivity index (χ3n) is 3.13. The van der Waals surface area contributed by atoms with Crippen molar-refractivity contribution in [1.82, 2.24) is 0 Å². The third-order valence-corrected chi connectivity index (χ3v) is 3.13. The molecule has 90 valence electrons. The van der Waals surface area contributed by atoms with Crippen molar-refractivity contribution in [3.8, 4) is 0 Å². The molecule has 1 rings (SSSR count). The first-order valence-electron chi connectivity index (χ1n) is 6.09. The lowest BCUT2D eigenvalue weighted by Gasteiger charge is -2.21. The molecular weight excluding hydrogens is 192 g/mol. The van der Waals surface area contributed by atoms with E-state index in [1.165, 1.54) is 6.42 Å². The summed E-state index contributed by atoms with van der Waals surface area (Å²) >= 11 is 0. The molecule has 2 N–H and O–H groups in total. The molecule has 3 nitrogen and oxygen atoms in total. The van der Waals surface area contributed by atoms with E-state index in [-0.39, 0.29) is 5.92 Å². The van der Waals surface area contributed by atoms with Crippen LogP contribution in [0.5, 0.6) is 0 Å². The highest BCUT2D eigenvalue weighted by atomic mass is 16.5. The standard InChI is InChI=1S/C12H24O3/c1-9(2)12(14)11(13)7-3-5-10-6-4-8-15-10/h9-14H,3-8H2,1-2H3. The quantitative estimate of drug-likeness (QED) is 0.710. The third kappa shape index (κ3) is 4.49. The van der Waals surface area contributed by atoms with Gasteiger partial charge in [-0.2, -0.15) is 0 Å². The molecule has 1 heterocycles. The molecule has 3 heteroatoms. The van der Waals surface area contributed by atoms with E-state index in [4.69, 9.17) is 4.74 Å². The lowest BCUT2D eigenvalue weighted by Crippen LogP contribution is -2.30. The summed E-state index contributed by atoms with van der Waals surface area (Å²) in [7, 11) is 0. The summed E-state index contributed by atoms with van der Waals surface area (Å²) < 4.78 is 5.50. The second-order valence-electron chi connectivity index (χ2n) is 4.87. The largest absolute Gasteiger partial charge is 0.390 e. The van der Waals surface area contributed by atoms with Crippen molar-refractivity contribution in [2.75, 3.05) is 6.61 Å². The molecule has 0 amide bonds. The van der Waals surface area contributed by atoms with E-state index >= 15 is 0 Å². The van der Waals surface area contributed by atoms with E-state index in [0.717, 1.165) is 25.9 Å². The van der Waals surface area contributed by atoms with Gasteiger partial charge in [-0.05, 0) is 38.0 Å². The molecule has 0 aromatic carbocycles. The fourth-order valence-corrected chi connectivity index (χ4v) is 2.04. The molecule has 3 unspecified atom stereocenters. The highest BCUT2D eigenvalue weighted by Crippen LogP contribution is 2.19. The van der Waals surface area contributed by atoms with Crippen LogP contribution < -0.4 is 0 Å². The first kappa shape index (κ1) is 12.9. The van der Waals surface area contributed by atoms with Crippen molar-refractivity contribution in [1.29, 1.82) is 0 Å². The summed E-state index contributed by atoms with van der Waals surface area (Å²) in [6.45, 7) is 4.74. The fourth-order valence-electron chi connectivity index (χ4n) is 2.04. The molecule has 0 aromatic rings. The van der Waals surface area contributed by atoms with Gasteiger partial charge in [0.2, 0.25) is 0 Å². The van der Waals surface area contributed by atoms with Crippen LogP contribution in [-0.4, -0.2) is 35.1 Å². The molecule has 3 atom stereocenters. The van der Waals surface area contributed by atoms with Crippen molar-refractivity contribution in [3.63, 3.8) is 0 Å². The number of hydrogen-bond donors (Lipinski definition) is 2. The Morgan fingerprint density at radius 1 is 1.33 bits per heavy atom. The zero-order valence-electron chi connectivity index (χ0n) is 9.85. The Hall–Kier alpha value is -0.120. The predicted molar refractivity (Wildman–Crippen MR) is 59.7 cm³/mol. The highest BCUT2D eigenvalue weighted by molar-refractivity contribution is 4.72. The smallest absolute Gasteiger partial charge is 0.0821 e. The maximum atomic E-state index is 9.67. The number of hydrogen-bond acceptors (Lipinski definition) is 3.